The molecule has 2 aromatic carbocycles. The Bertz CT molecular complexity index is 735. The maximum Gasteiger partial charge on any atom is 0.0992 e. The van der Waals surface area contributed by atoms with Crippen molar-refractivity contribution in [3.63, 3.8) is 0 Å². The van der Waals surface area contributed by atoms with Crippen LogP contribution in [0.2, 0.25) is 0 Å². The Labute approximate surface area is 115 Å². The summed E-state index contributed by atoms with van der Waals surface area (Å²) < 4.78 is 2.03. The number of rotatable bonds is 1. The number of aromatic nitrogens is 2. The second-order valence-corrected chi connectivity index (χ2v) is 5.43. The highest BCUT2D eigenvalue weighted by atomic mass is 32.2. The summed E-state index contributed by atoms with van der Waals surface area (Å²) in [5.74, 6) is 0. The van der Waals surface area contributed by atoms with Gasteiger partial charge in [-0.1, -0.05) is 30.0 Å². The molecular formula is C15H11N3S. The van der Waals surface area contributed by atoms with Crippen molar-refractivity contribution in [2.75, 3.05) is 5.32 Å². The summed E-state index contributed by atoms with van der Waals surface area (Å²) in [4.78, 5) is 6.62. The molecule has 1 aliphatic rings. The molecule has 1 N–H and O–H groups in total. The number of anilines is 2. The lowest BCUT2D eigenvalue weighted by molar-refractivity contribution is 1.05. The zero-order valence-corrected chi connectivity index (χ0v) is 10.9. The number of para-hydroxylation sites is 2. The second-order valence-electron chi connectivity index (χ2n) is 4.34. The van der Waals surface area contributed by atoms with Gasteiger partial charge in [-0.2, -0.15) is 0 Å². The molecule has 92 valence electrons. The molecule has 0 atom stereocenters. The van der Waals surface area contributed by atoms with Crippen molar-refractivity contribution in [3.8, 4) is 5.69 Å². The molecule has 0 fully saturated rings. The second kappa shape index (κ2) is 4.17. The molecule has 19 heavy (non-hydrogen) atoms. The van der Waals surface area contributed by atoms with Gasteiger partial charge >= 0.3 is 0 Å². The van der Waals surface area contributed by atoms with Gasteiger partial charge in [-0.3, -0.25) is 0 Å². The predicted molar refractivity (Wildman–Crippen MR) is 77.4 cm³/mol. The monoisotopic (exact) mass is 265 g/mol. The van der Waals surface area contributed by atoms with Gasteiger partial charge in [0.1, 0.15) is 0 Å². The van der Waals surface area contributed by atoms with Gasteiger partial charge in [-0.05, 0) is 24.3 Å². The molecule has 4 rings (SSSR count). The van der Waals surface area contributed by atoms with E-state index in [-0.39, 0.29) is 0 Å². The Morgan fingerprint density at radius 1 is 1.00 bits per heavy atom. The molecule has 0 bridgehead atoms. The number of nitrogens with zero attached hydrogens (tertiary/aromatic N) is 2. The summed E-state index contributed by atoms with van der Waals surface area (Å²) in [7, 11) is 0. The summed E-state index contributed by atoms with van der Waals surface area (Å²) >= 11 is 1.80. The third-order valence-electron chi connectivity index (χ3n) is 3.15. The maximum atomic E-state index is 4.12. The normalized spacial score (nSPS) is 12.4. The zero-order valence-electron chi connectivity index (χ0n) is 10.1. The zero-order chi connectivity index (χ0) is 12.7. The first-order valence-corrected chi connectivity index (χ1v) is 6.89. The number of nitrogens with one attached hydrogen (secondary N) is 1. The average Bonchev–Trinajstić information content (AvgIpc) is 2.98. The van der Waals surface area contributed by atoms with E-state index in [0.29, 0.717) is 0 Å². The highest BCUT2D eigenvalue weighted by molar-refractivity contribution is 7.99. The third kappa shape index (κ3) is 1.72. The number of fused-ring (bicyclic) bond motifs is 2. The SMILES string of the molecule is c1ccc2c(c1)Nc1c(cccc1-n1ccnc1)S2. The summed E-state index contributed by atoms with van der Waals surface area (Å²) in [5, 5.41) is 3.53. The molecule has 0 aliphatic carbocycles. The molecule has 0 amide bonds. The number of hydrogen-bond donors (Lipinski definition) is 1. The van der Waals surface area contributed by atoms with Crippen LogP contribution >= 0.6 is 11.8 Å². The Balaban J connectivity index is 1.88. The molecule has 1 aliphatic heterocycles. The van der Waals surface area contributed by atoms with Gasteiger partial charge in [0.05, 0.1) is 23.4 Å². The molecule has 0 spiro atoms. The van der Waals surface area contributed by atoms with Gasteiger partial charge in [0.2, 0.25) is 0 Å². The smallest absolute Gasteiger partial charge is 0.0992 e. The van der Waals surface area contributed by atoms with E-state index in [1.54, 1.807) is 18.0 Å². The molecule has 1 aromatic heterocycles. The maximum absolute atomic E-state index is 4.12. The van der Waals surface area contributed by atoms with Crippen LogP contribution in [0.1, 0.15) is 0 Å². The molecule has 4 heteroatoms. The topological polar surface area (TPSA) is 29.9 Å². The lowest BCUT2D eigenvalue weighted by atomic mass is 10.2. The first-order chi connectivity index (χ1) is 9.42. The number of hydrogen-bond acceptors (Lipinski definition) is 3. The van der Waals surface area contributed by atoms with Gasteiger partial charge in [-0.15, -0.1) is 0 Å². The van der Waals surface area contributed by atoms with E-state index >= 15 is 0 Å². The minimum absolute atomic E-state index is 1.12. The van der Waals surface area contributed by atoms with Crippen LogP contribution < -0.4 is 5.32 Å². The Morgan fingerprint density at radius 2 is 1.89 bits per heavy atom. The standard InChI is InChI=1S/C15H11N3S/c1-2-6-13-11(4-1)17-15-12(18-9-8-16-10-18)5-3-7-14(15)19-13/h1-10,17H. The lowest BCUT2D eigenvalue weighted by Gasteiger charge is -2.23. The fourth-order valence-corrected chi connectivity index (χ4v) is 3.28. The quantitative estimate of drug-likeness (QED) is 0.562. The van der Waals surface area contributed by atoms with Crippen molar-refractivity contribution in [1.82, 2.24) is 9.55 Å². The van der Waals surface area contributed by atoms with Crippen molar-refractivity contribution in [2.45, 2.75) is 9.79 Å². The highest BCUT2D eigenvalue weighted by Crippen LogP contribution is 2.46. The molecule has 3 nitrogen and oxygen atoms in total. The fraction of sp³-hybridized carbons (Fsp3) is 0. The molecule has 3 aromatic rings. The van der Waals surface area contributed by atoms with E-state index in [1.165, 1.54) is 9.79 Å². The molecule has 0 radical (unpaired) electrons. The Hall–Kier alpha value is -2.20. The van der Waals surface area contributed by atoms with Gasteiger partial charge < -0.3 is 9.88 Å². The van der Waals surface area contributed by atoms with Gasteiger partial charge in [0, 0.05) is 22.2 Å². The van der Waals surface area contributed by atoms with E-state index in [4.69, 9.17) is 0 Å². The minimum Gasteiger partial charge on any atom is -0.352 e. The fourth-order valence-electron chi connectivity index (χ4n) is 2.26. The summed E-state index contributed by atoms with van der Waals surface area (Å²) in [6.45, 7) is 0. The molecule has 0 saturated carbocycles. The van der Waals surface area contributed by atoms with Crippen LogP contribution in [0.4, 0.5) is 11.4 Å². The van der Waals surface area contributed by atoms with Gasteiger partial charge in [-0.25, -0.2) is 4.98 Å². The Morgan fingerprint density at radius 3 is 2.79 bits per heavy atom. The average molecular weight is 265 g/mol. The van der Waals surface area contributed by atoms with Crippen molar-refractivity contribution in [2.24, 2.45) is 0 Å². The minimum atomic E-state index is 1.12. The van der Waals surface area contributed by atoms with Gasteiger partial charge in [0.25, 0.3) is 0 Å². The van der Waals surface area contributed by atoms with Crippen molar-refractivity contribution in [3.05, 3.63) is 61.2 Å². The summed E-state index contributed by atoms with van der Waals surface area (Å²) in [6.07, 6.45) is 5.58. The number of imidazole rings is 1. The molecule has 0 unspecified atom stereocenters. The molecule has 0 saturated heterocycles. The van der Waals surface area contributed by atoms with Crippen LogP contribution in [0.3, 0.4) is 0 Å². The molecule has 2 heterocycles. The van der Waals surface area contributed by atoms with Crippen LogP contribution in [-0.2, 0) is 0 Å². The predicted octanol–water partition coefficient (Wildman–Crippen LogP) is 4.08. The van der Waals surface area contributed by atoms with Crippen molar-refractivity contribution < 1.29 is 0 Å². The van der Waals surface area contributed by atoms with E-state index in [1.807, 2.05) is 17.1 Å². The van der Waals surface area contributed by atoms with E-state index in [9.17, 15) is 0 Å². The first kappa shape index (κ1) is 10.7. The molecular weight excluding hydrogens is 254 g/mol. The van der Waals surface area contributed by atoms with Crippen LogP contribution in [0.5, 0.6) is 0 Å². The van der Waals surface area contributed by atoms with Crippen molar-refractivity contribution in [1.29, 1.82) is 0 Å². The van der Waals surface area contributed by atoms with E-state index in [2.05, 4.69) is 52.8 Å². The summed E-state index contributed by atoms with van der Waals surface area (Å²) in [6, 6.07) is 14.7. The van der Waals surface area contributed by atoms with Crippen LogP contribution in [0.15, 0.2) is 71.0 Å². The summed E-state index contributed by atoms with van der Waals surface area (Å²) in [5.41, 5.74) is 3.42. The van der Waals surface area contributed by atoms with Crippen molar-refractivity contribution >= 4 is 23.1 Å². The van der Waals surface area contributed by atoms with Crippen LogP contribution in [-0.4, -0.2) is 9.55 Å². The third-order valence-corrected chi connectivity index (χ3v) is 4.29. The first-order valence-electron chi connectivity index (χ1n) is 6.07. The Kier molecular flexibility index (Phi) is 2.35. The van der Waals surface area contributed by atoms with Crippen LogP contribution in [0, 0.1) is 0 Å². The van der Waals surface area contributed by atoms with E-state index < -0.39 is 0 Å². The van der Waals surface area contributed by atoms with E-state index in [0.717, 1.165) is 17.1 Å². The largest absolute Gasteiger partial charge is 0.352 e. The highest BCUT2D eigenvalue weighted by Gasteiger charge is 2.18. The van der Waals surface area contributed by atoms with Crippen LogP contribution in [0.25, 0.3) is 5.69 Å². The lowest BCUT2D eigenvalue weighted by Crippen LogP contribution is -2.04. The van der Waals surface area contributed by atoms with Gasteiger partial charge in [0.15, 0.2) is 0 Å². The number of benzene rings is 2.